The van der Waals surface area contributed by atoms with Gasteiger partial charge in [0.2, 0.25) is 0 Å². The topological polar surface area (TPSA) is 52.3 Å². The monoisotopic (exact) mass is 321 g/mol. The second-order valence-corrected chi connectivity index (χ2v) is 6.92. The van der Waals surface area contributed by atoms with E-state index >= 15 is 0 Å². The van der Waals surface area contributed by atoms with Gasteiger partial charge in [0.25, 0.3) is 0 Å². The molecule has 5 nitrogen and oxygen atoms in total. The van der Waals surface area contributed by atoms with Crippen LogP contribution in [0, 0.1) is 0 Å². The minimum Gasteiger partial charge on any atom is -0.309 e. The minimum atomic E-state index is -2.98. The van der Waals surface area contributed by atoms with E-state index in [1.807, 2.05) is 55.1 Å². The molecule has 0 aromatic carbocycles. The first-order valence-corrected chi connectivity index (χ1v) is 9.17. The van der Waals surface area contributed by atoms with Crippen molar-refractivity contribution in [3.63, 3.8) is 0 Å². The van der Waals surface area contributed by atoms with Gasteiger partial charge in [-0.1, -0.05) is 0 Å². The van der Waals surface area contributed by atoms with Gasteiger partial charge in [-0.05, 0) is 37.1 Å². The normalized spacial score (nSPS) is 11.5. The summed E-state index contributed by atoms with van der Waals surface area (Å²) in [6.45, 7) is 5.02. The maximum Gasteiger partial charge on any atom is 0.337 e. The van der Waals surface area contributed by atoms with Crippen LogP contribution in [0.1, 0.15) is 13.8 Å². The number of aryl methyl sites for hydroxylation is 1. The molecule has 118 valence electrons. The molecule has 2 aromatic rings. The van der Waals surface area contributed by atoms with E-state index in [2.05, 4.69) is 4.98 Å². The minimum absolute atomic E-state index is 0.369. The summed E-state index contributed by atoms with van der Waals surface area (Å²) < 4.78 is 25.0. The smallest absolute Gasteiger partial charge is 0.309 e. The van der Waals surface area contributed by atoms with Crippen LogP contribution in [-0.2, 0) is 20.2 Å². The fourth-order valence-corrected chi connectivity index (χ4v) is 3.74. The van der Waals surface area contributed by atoms with Gasteiger partial charge in [-0.2, -0.15) is 0 Å². The van der Waals surface area contributed by atoms with Crippen molar-refractivity contribution in [1.29, 1.82) is 0 Å². The molecule has 2 heterocycles. The number of nitrogens with zero attached hydrogens (tertiary/aromatic N) is 2. The van der Waals surface area contributed by atoms with Gasteiger partial charge in [-0.3, -0.25) is 9.55 Å². The van der Waals surface area contributed by atoms with Crippen LogP contribution in [0.3, 0.4) is 0 Å². The molecule has 0 saturated carbocycles. The third-order valence-electron chi connectivity index (χ3n) is 3.19. The predicted octanol–water partition coefficient (Wildman–Crippen LogP) is 3.30. The van der Waals surface area contributed by atoms with Crippen molar-refractivity contribution < 1.29 is 18.2 Å². The number of rotatable bonds is 8. The Morgan fingerprint density at radius 3 is 2.09 bits per heavy atom. The van der Waals surface area contributed by atoms with Gasteiger partial charge in [0.15, 0.2) is 18.9 Å². The highest BCUT2D eigenvalue weighted by atomic mass is 31.2. The van der Waals surface area contributed by atoms with E-state index in [0.717, 1.165) is 11.1 Å². The van der Waals surface area contributed by atoms with E-state index in [9.17, 15) is 4.57 Å². The maximum absolute atomic E-state index is 12.4. The summed E-state index contributed by atoms with van der Waals surface area (Å²) in [6.07, 6.45) is 7.86. The zero-order valence-corrected chi connectivity index (χ0v) is 13.9. The van der Waals surface area contributed by atoms with Crippen molar-refractivity contribution in [1.82, 2.24) is 4.98 Å². The van der Waals surface area contributed by atoms with Crippen molar-refractivity contribution in [3.8, 4) is 11.1 Å². The highest BCUT2D eigenvalue weighted by Gasteiger charge is 2.25. The van der Waals surface area contributed by atoms with Gasteiger partial charge in [0, 0.05) is 24.5 Å². The zero-order valence-electron chi connectivity index (χ0n) is 13.0. The molecule has 0 N–H and O–H groups in total. The zero-order chi connectivity index (χ0) is 15.8. The molecule has 22 heavy (non-hydrogen) atoms. The first-order valence-electron chi connectivity index (χ1n) is 7.44. The summed E-state index contributed by atoms with van der Waals surface area (Å²) in [7, 11) is -2.98. The van der Waals surface area contributed by atoms with E-state index in [4.69, 9.17) is 9.05 Å². The summed E-state index contributed by atoms with van der Waals surface area (Å²) in [6, 6.07) is 8.00. The fourth-order valence-electron chi connectivity index (χ4n) is 2.14. The number of aromatic nitrogens is 2. The molecule has 2 rings (SSSR count). The number of hydrogen-bond donors (Lipinski definition) is 0. The molecule has 0 spiro atoms. The Balaban J connectivity index is 2.01. The van der Waals surface area contributed by atoms with Gasteiger partial charge in [-0.15, -0.1) is 0 Å². The number of hydrogen-bond acceptors (Lipinski definition) is 4. The van der Waals surface area contributed by atoms with Crippen LogP contribution < -0.4 is 4.57 Å². The average Bonchev–Trinajstić information content (AvgIpc) is 2.55. The molecule has 0 saturated heterocycles. The molecular formula is C16H22N2O3P+. The fraction of sp³-hybridized carbons (Fsp3) is 0.375. The van der Waals surface area contributed by atoms with E-state index < -0.39 is 7.60 Å². The summed E-state index contributed by atoms with van der Waals surface area (Å²) >= 11 is 0. The van der Waals surface area contributed by atoms with Crippen LogP contribution in [0.2, 0.25) is 0 Å². The second kappa shape index (κ2) is 8.18. The quantitative estimate of drug-likeness (QED) is 0.553. The molecule has 0 radical (unpaired) electrons. The van der Waals surface area contributed by atoms with Gasteiger partial charge >= 0.3 is 7.60 Å². The summed E-state index contributed by atoms with van der Waals surface area (Å²) in [5.74, 6) is 0. The van der Waals surface area contributed by atoms with Gasteiger partial charge in [-0.25, -0.2) is 4.57 Å². The van der Waals surface area contributed by atoms with Crippen LogP contribution in [0.5, 0.6) is 0 Å². The van der Waals surface area contributed by atoms with Gasteiger partial charge in [0.05, 0.1) is 13.2 Å². The summed E-state index contributed by atoms with van der Waals surface area (Å²) in [5.41, 5.74) is 2.24. The second-order valence-electron chi connectivity index (χ2n) is 4.73. The largest absolute Gasteiger partial charge is 0.337 e. The number of pyridine rings is 2. The van der Waals surface area contributed by atoms with Crippen molar-refractivity contribution in [3.05, 3.63) is 49.1 Å². The average molecular weight is 321 g/mol. The van der Waals surface area contributed by atoms with Crippen LogP contribution in [0.25, 0.3) is 11.1 Å². The third-order valence-corrected chi connectivity index (χ3v) is 5.24. The van der Waals surface area contributed by atoms with Crippen LogP contribution >= 0.6 is 7.60 Å². The Bertz CT molecular complexity index is 607. The lowest BCUT2D eigenvalue weighted by molar-refractivity contribution is -0.692. The maximum atomic E-state index is 12.4. The van der Waals surface area contributed by atoms with Crippen molar-refractivity contribution in [2.24, 2.45) is 0 Å². The molecular weight excluding hydrogens is 299 g/mol. The van der Waals surface area contributed by atoms with Crippen LogP contribution in [-0.4, -0.2) is 24.4 Å². The molecule has 0 bridgehead atoms. The highest BCUT2D eigenvalue weighted by molar-refractivity contribution is 7.53. The Morgan fingerprint density at radius 1 is 1.00 bits per heavy atom. The molecule has 0 atom stereocenters. The molecule has 2 aromatic heterocycles. The molecule has 0 aliphatic carbocycles. The molecule has 0 aliphatic heterocycles. The summed E-state index contributed by atoms with van der Waals surface area (Å²) in [5, 5.41) is 0. The van der Waals surface area contributed by atoms with Crippen LogP contribution in [0.15, 0.2) is 49.1 Å². The van der Waals surface area contributed by atoms with Crippen molar-refractivity contribution in [2.75, 3.05) is 19.4 Å². The van der Waals surface area contributed by atoms with E-state index in [1.54, 1.807) is 12.4 Å². The molecule has 0 amide bonds. The van der Waals surface area contributed by atoms with Gasteiger partial charge in [0.1, 0.15) is 6.16 Å². The van der Waals surface area contributed by atoms with E-state index in [0.29, 0.717) is 25.9 Å². The third kappa shape index (κ3) is 4.73. The summed E-state index contributed by atoms with van der Waals surface area (Å²) in [4.78, 5) is 4.02. The standard InChI is InChI=1S/C16H22N2O3P/c1-3-20-22(19,21-4-2)14-13-18-11-7-16(8-12-18)15-5-9-17-10-6-15/h5-12H,3-4,13-14H2,1-2H3/q+1. The lowest BCUT2D eigenvalue weighted by Crippen LogP contribution is -2.34. The Morgan fingerprint density at radius 2 is 1.55 bits per heavy atom. The first kappa shape index (κ1) is 16.8. The van der Waals surface area contributed by atoms with E-state index in [1.165, 1.54) is 0 Å². The van der Waals surface area contributed by atoms with Gasteiger partial charge < -0.3 is 9.05 Å². The van der Waals surface area contributed by atoms with Crippen LogP contribution in [0.4, 0.5) is 0 Å². The Hall–Kier alpha value is -1.55. The lowest BCUT2D eigenvalue weighted by Gasteiger charge is -2.15. The van der Waals surface area contributed by atoms with Crippen molar-refractivity contribution >= 4 is 7.60 Å². The molecule has 0 fully saturated rings. The molecule has 0 aliphatic rings. The lowest BCUT2D eigenvalue weighted by atomic mass is 10.1. The van der Waals surface area contributed by atoms with Crippen molar-refractivity contribution in [2.45, 2.75) is 20.4 Å². The molecule has 6 heteroatoms. The van der Waals surface area contributed by atoms with E-state index in [-0.39, 0.29) is 0 Å². The predicted molar refractivity (Wildman–Crippen MR) is 85.6 cm³/mol. The Labute approximate surface area is 131 Å². The molecule has 0 unspecified atom stereocenters. The Kier molecular flexibility index (Phi) is 6.25. The highest BCUT2D eigenvalue weighted by Crippen LogP contribution is 2.47. The SMILES string of the molecule is CCOP(=O)(CC[n+]1ccc(-c2ccncc2)cc1)OCC. The first-order chi connectivity index (χ1) is 10.7.